The molecule has 16 heavy (non-hydrogen) atoms. The minimum absolute atomic E-state index is 0.202. The highest BCUT2D eigenvalue weighted by Gasteiger charge is 2.22. The minimum Gasteiger partial charge on any atom is -0.376 e. The largest absolute Gasteiger partial charge is 0.376 e. The average molecular weight is 227 g/mol. The van der Waals surface area contributed by atoms with E-state index in [-0.39, 0.29) is 6.10 Å². The fourth-order valence-electron chi connectivity index (χ4n) is 1.37. The molecule has 1 aromatic heterocycles. The normalized spacial score (nSPS) is 21.3. The fourth-order valence-corrected chi connectivity index (χ4v) is 1.37. The first-order valence-corrected chi connectivity index (χ1v) is 5.52. The van der Waals surface area contributed by atoms with Crippen LogP contribution < -0.4 is 5.32 Å². The van der Waals surface area contributed by atoms with E-state index in [1.165, 1.54) is 0 Å². The summed E-state index contributed by atoms with van der Waals surface area (Å²) in [7, 11) is 0. The van der Waals surface area contributed by atoms with Crippen molar-refractivity contribution in [2.45, 2.75) is 20.0 Å². The second-order valence-electron chi connectivity index (χ2n) is 4.17. The number of hydrogen-bond donors (Lipinski definition) is 1. The Morgan fingerprint density at radius 1 is 1.44 bits per heavy atom. The quantitative estimate of drug-likeness (QED) is 0.834. The number of nitrogens with zero attached hydrogens (tertiary/aromatic N) is 2. The van der Waals surface area contributed by atoms with Gasteiger partial charge in [0.05, 0.1) is 19.8 Å². The van der Waals surface area contributed by atoms with E-state index in [0.29, 0.717) is 37.6 Å². The molecule has 0 aliphatic carbocycles. The van der Waals surface area contributed by atoms with Gasteiger partial charge in [0.2, 0.25) is 5.82 Å². The van der Waals surface area contributed by atoms with Gasteiger partial charge in [0, 0.05) is 6.54 Å². The van der Waals surface area contributed by atoms with Gasteiger partial charge < -0.3 is 19.3 Å². The lowest BCUT2D eigenvalue weighted by Crippen LogP contribution is -2.22. The predicted molar refractivity (Wildman–Crippen MR) is 57.1 cm³/mol. The van der Waals surface area contributed by atoms with E-state index in [4.69, 9.17) is 14.0 Å². The maximum atomic E-state index is 5.47. The summed E-state index contributed by atoms with van der Waals surface area (Å²) in [5.74, 6) is 1.08. The fraction of sp³-hybridized carbons (Fsp3) is 0.800. The molecule has 1 atom stereocenters. The Labute approximate surface area is 94.3 Å². The van der Waals surface area contributed by atoms with Crippen LogP contribution in [-0.2, 0) is 9.47 Å². The van der Waals surface area contributed by atoms with E-state index in [1.54, 1.807) is 0 Å². The molecule has 0 saturated carbocycles. The Kier molecular flexibility index (Phi) is 3.74. The number of rotatable bonds is 4. The van der Waals surface area contributed by atoms with Crippen LogP contribution in [0.25, 0.3) is 0 Å². The van der Waals surface area contributed by atoms with Crippen LogP contribution in [0.2, 0.25) is 0 Å². The van der Waals surface area contributed by atoms with E-state index in [9.17, 15) is 0 Å². The molecule has 1 fully saturated rings. The maximum Gasteiger partial charge on any atom is 0.321 e. The van der Waals surface area contributed by atoms with Crippen molar-refractivity contribution in [2.24, 2.45) is 5.92 Å². The highest BCUT2D eigenvalue weighted by Crippen LogP contribution is 2.19. The summed E-state index contributed by atoms with van der Waals surface area (Å²) in [6.45, 7) is 6.73. The summed E-state index contributed by atoms with van der Waals surface area (Å²) < 4.78 is 15.8. The van der Waals surface area contributed by atoms with Crippen molar-refractivity contribution >= 4 is 6.01 Å². The van der Waals surface area contributed by atoms with Gasteiger partial charge in [-0.25, -0.2) is 0 Å². The van der Waals surface area contributed by atoms with Gasteiger partial charge in [0.1, 0.15) is 6.10 Å². The Bertz CT molecular complexity index is 321. The third-order valence-corrected chi connectivity index (χ3v) is 2.21. The summed E-state index contributed by atoms with van der Waals surface area (Å²) >= 11 is 0. The summed E-state index contributed by atoms with van der Waals surface area (Å²) in [4.78, 5) is 4.21. The van der Waals surface area contributed by atoms with Gasteiger partial charge in [0.25, 0.3) is 0 Å². The number of aromatic nitrogens is 2. The molecule has 6 heteroatoms. The van der Waals surface area contributed by atoms with Gasteiger partial charge in [-0.1, -0.05) is 19.0 Å². The third-order valence-electron chi connectivity index (χ3n) is 2.21. The van der Waals surface area contributed by atoms with Crippen molar-refractivity contribution < 1.29 is 14.0 Å². The molecule has 1 aromatic rings. The van der Waals surface area contributed by atoms with Crippen LogP contribution in [0.1, 0.15) is 25.8 Å². The SMILES string of the molecule is CC(C)CNc1nc(C2COCCO2)no1. The molecule has 1 N–H and O–H groups in total. The topological polar surface area (TPSA) is 69.4 Å². The Balaban J connectivity index is 1.90. The smallest absolute Gasteiger partial charge is 0.321 e. The first-order chi connectivity index (χ1) is 7.75. The van der Waals surface area contributed by atoms with Crippen LogP contribution in [0.3, 0.4) is 0 Å². The predicted octanol–water partition coefficient (Wildman–Crippen LogP) is 1.23. The van der Waals surface area contributed by atoms with Crippen molar-refractivity contribution in [1.82, 2.24) is 10.1 Å². The van der Waals surface area contributed by atoms with Crippen LogP contribution in [0.4, 0.5) is 6.01 Å². The molecule has 6 nitrogen and oxygen atoms in total. The average Bonchev–Trinajstić information content (AvgIpc) is 2.76. The van der Waals surface area contributed by atoms with E-state index in [0.717, 1.165) is 6.54 Å². The van der Waals surface area contributed by atoms with Crippen molar-refractivity contribution in [1.29, 1.82) is 0 Å². The van der Waals surface area contributed by atoms with Crippen LogP contribution >= 0.6 is 0 Å². The molecule has 1 aliphatic rings. The maximum absolute atomic E-state index is 5.47. The van der Waals surface area contributed by atoms with Crippen LogP contribution in [-0.4, -0.2) is 36.5 Å². The summed E-state index contributed by atoms with van der Waals surface area (Å²) in [5, 5.41) is 6.93. The second kappa shape index (κ2) is 5.27. The zero-order valence-electron chi connectivity index (χ0n) is 9.60. The lowest BCUT2D eigenvalue weighted by molar-refractivity contribution is -0.0941. The van der Waals surface area contributed by atoms with E-state index >= 15 is 0 Å². The van der Waals surface area contributed by atoms with E-state index in [1.807, 2.05) is 0 Å². The highest BCUT2D eigenvalue weighted by atomic mass is 16.6. The Morgan fingerprint density at radius 2 is 2.31 bits per heavy atom. The van der Waals surface area contributed by atoms with E-state index < -0.39 is 0 Å². The van der Waals surface area contributed by atoms with Crippen molar-refractivity contribution in [3.63, 3.8) is 0 Å². The summed E-state index contributed by atoms with van der Waals surface area (Å²) in [6.07, 6.45) is -0.202. The lowest BCUT2D eigenvalue weighted by atomic mass is 10.2. The molecule has 1 saturated heterocycles. The highest BCUT2D eigenvalue weighted by molar-refractivity contribution is 5.18. The van der Waals surface area contributed by atoms with Crippen LogP contribution in [0.5, 0.6) is 0 Å². The molecule has 2 heterocycles. The molecular weight excluding hydrogens is 210 g/mol. The van der Waals surface area contributed by atoms with Gasteiger partial charge in [-0.2, -0.15) is 4.98 Å². The van der Waals surface area contributed by atoms with Gasteiger partial charge in [-0.15, -0.1) is 0 Å². The molecule has 0 bridgehead atoms. The Morgan fingerprint density at radius 3 is 3.00 bits per heavy atom. The molecule has 0 radical (unpaired) electrons. The first-order valence-electron chi connectivity index (χ1n) is 5.52. The number of ether oxygens (including phenoxy) is 2. The molecular formula is C10H17N3O3. The lowest BCUT2D eigenvalue weighted by Gasteiger charge is -2.19. The van der Waals surface area contributed by atoms with Gasteiger partial charge in [0.15, 0.2) is 0 Å². The molecule has 0 aromatic carbocycles. The minimum atomic E-state index is -0.202. The second-order valence-corrected chi connectivity index (χ2v) is 4.17. The number of anilines is 1. The zero-order valence-corrected chi connectivity index (χ0v) is 9.60. The molecule has 0 spiro atoms. The molecule has 0 amide bonds. The van der Waals surface area contributed by atoms with Crippen LogP contribution in [0.15, 0.2) is 4.52 Å². The van der Waals surface area contributed by atoms with Gasteiger partial charge >= 0.3 is 6.01 Å². The summed E-state index contributed by atoms with van der Waals surface area (Å²) in [5.41, 5.74) is 0. The van der Waals surface area contributed by atoms with Crippen molar-refractivity contribution in [3.05, 3.63) is 5.82 Å². The van der Waals surface area contributed by atoms with Gasteiger partial charge in [-0.05, 0) is 5.92 Å². The first kappa shape index (κ1) is 11.3. The molecule has 1 unspecified atom stereocenters. The molecule has 90 valence electrons. The third kappa shape index (κ3) is 2.93. The van der Waals surface area contributed by atoms with Gasteiger partial charge in [-0.3, -0.25) is 0 Å². The van der Waals surface area contributed by atoms with E-state index in [2.05, 4.69) is 29.3 Å². The summed E-state index contributed by atoms with van der Waals surface area (Å²) in [6, 6.07) is 0.442. The Hall–Kier alpha value is -1.14. The van der Waals surface area contributed by atoms with Crippen molar-refractivity contribution in [2.75, 3.05) is 31.7 Å². The molecule has 2 rings (SSSR count). The monoisotopic (exact) mass is 227 g/mol. The number of nitrogens with one attached hydrogen (secondary N) is 1. The molecule has 1 aliphatic heterocycles. The number of hydrogen-bond acceptors (Lipinski definition) is 6. The zero-order chi connectivity index (χ0) is 11.4. The standard InChI is InChI=1S/C10H17N3O3/c1-7(2)5-11-10-12-9(13-16-10)8-6-14-3-4-15-8/h7-8H,3-6H2,1-2H3,(H,11,12,13). The van der Waals surface area contributed by atoms with Crippen LogP contribution in [0, 0.1) is 5.92 Å². The van der Waals surface area contributed by atoms with Crippen molar-refractivity contribution in [3.8, 4) is 0 Å².